The van der Waals surface area contributed by atoms with Crippen LogP contribution in [0.5, 0.6) is 5.75 Å². The molecule has 0 unspecified atom stereocenters. The van der Waals surface area contributed by atoms with Gasteiger partial charge in [0.1, 0.15) is 24.5 Å². The summed E-state index contributed by atoms with van der Waals surface area (Å²) in [6, 6.07) is 9.35. The molecule has 9 nitrogen and oxygen atoms in total. The number of rotatable bonds is 9. The molecule has 0 radical (unpaired) electrons. The molecular weight excluding hydrogens is 350 g/mol. The lowest BCUT2D eigenvalue weighted by atomic mass is 10.2. The number of ether oxygens (including phenoxy) is 2. The zero-order valence-corrected chi connectivity index (χ0v) is 14.7. The molecule has 3 rings (SSSR count). The van der Waals surface area contributed by atoms with E-state index in [1.165, 1.54) is 6.33 Å². The number of carbonyl (C=O) groups is 1. The van der Waals surface area contributed by atoms with E-state index in [0.29, 0.717) is 12.4 Å². The molecular formula is C18H19N5O4. The van der Waals surface area contributed by atoms with Crippen LogP contribution in [0, 0.1) is 0 Å². The molecule has 0 aliphatic heterocycles. The van der Waals surface area contributed by atoms with Gasteiger partial charge in [-0.05, 0) is 24.3 Å². The van der Waals surface area contributed by atoms with Crippen molar-refractivity contribution in [2.45, 2.75) is 6.54 Å². The van der Waals surface area contributed by atoms with Gasteiger partial charge in [0.15, 0.2) is 0 Å². The lowest BCUT2D eigenvalue weighted by molar-refractivity contribution is -0.142. The zero-order chi connectivity index (χ0) is 19.1. The summed E-state index contributed by atoms with van der Waals surface area (Å²) in [4.78, 5) is 18.9. The molecule has 9 heteroatoms. The molecule has 140 valence electrons. The van der Waals surface area contributed by atoms with E-state index < -0.39 is 5.97 Å². The van der Waals surface area contributed by atoms with Crippen LogP contribution in [-0.2, 0) is 16.1 Å². The van der Waals surface area contributed by atoms with Gasteiger partial charge in [0.05, 0.1) is 32.2 Å². The minimum absolute atomic E-state index is 0.265. The van der Waals surface area contributed by atoms with Crippen LogP contribution in [0.2, 0.25) is 0 Å². The Bertz CT molecular complexity index is 895. The Hall–Kier alpha value is -3.46. The summed E-state index contributed by atoms with van der Waals surface area (Å²) >= 11 is 0. The van der Waals surface area contributed by atoms with Crippen molar-refractivity contribution in [3.05, 3.63) is 49.1 Å². The summed E-state index contributed by atoms with van der Waals surface area (Å²) in [5.74, 6) is 0.445. The van der Waals surface area contributed by atoms with Crippen LogP contribution in [-0.4, -0.2) is 51.1 Å². The standard InChI is InChI=1S/C18H19N5O4/c1-26-15-4-2-14(3-5-15)22-17-8-16(19-12-20-17)13-9-21-23(10-13)6-7-27-11-18(24)25/h2-5,8-10,12H,6-7,11H2,1H3,(H,24,25)(H,19,20,22). The lowest BCUT2D eigenvalue weighted by Gasteiger charge is -2.07. The van der Waals surface area contributed by atoms with Gasteiger partial charge < -0.3 is 19.9 Å². The van der Waals surface area contributed by atoms with Crippen LogP contribution in [0.4, 0.5) is 11.5 Å². The van der Waals surface area contributed by atoms with Crippen LogP contribution < -0.4 is 10.1 Å². The van der Waals surface area contributed by atoms with E-state index in [-0.39, 0.29) is 13.2 Å². The van der Waals surface area contributed by atoms with Gasteiger partial charge in [0.2, 0.25) is 0 Å². The predicted octanol–water partition coefficient (Wildman–Crippen LogP) is 2.19. The van der Waals surface area contributed by atoms with Crippen LogP contribution in [0.3, 0.4) is 0 Å². The second-order valence-corrected chi connectivity index (χ2v) is 5.58. The van der Waals surface area contributed by atoms with Gasteiger partial charge in [-0.3, -0.25) is 4.68 Å². The number of nitrogens with zero attached hydrogens (tertiary/aromatic N) is 4. The summed E-state index contributed by atoms with van der Waals surface area (Å²) in [6.45, 7) is 0.400. The average molecular weight is 369 g/mol. The third-order valence-electron chi connectivity index (χ3n) is 3.65. The SMILES string of the molecule is COc1ccc(Nc2cc(-c3cnn(CCOCC(=O)O)c3)ncn2)cc1. The normalized spacial score (nSPS) is 10.6. The Labute approximate surface area is 155 Å². The van der Waals surface area contributed by atoms with Gasteiger partial charge in [0, 0.05) is 23.5 Å². The first-order chi connectivity index (χ1) is 13.1. The van der Waals surface area contributed by atoms with E-state index in [4.69, 9.17) is 14.6 Å². The third kappa shape index (κ3) is 5.25. The third-order valence-corrected chi connectivity index (χ3v) is 3.65. The van der Waals surface area contributed by atoms with Gasteiger partial charge in [-0.1, -0.05) is 0 Å². The number of hydrogen-bond acceptors (Lipinski definition) is 7. The summed E-state index contributed by atoms with van der Waals surface area (Å²) < 4.78 is 11.8. The fourth-order valence-corrected chi connectivity index (χ4v) is 2.34. The van der Waals surface area contributed by atoms with Gasteiger partial charge in [-0.15, -0.1) is 0 Å². The van der Waals surface area contributed by atoms with E-state index in [9.17, 15) is 4.79 Å². The Balaban J connectivity index is 1.63. The Kier molecular flexibility index (Phi) is 5.95. The minimum Gasteiger partial charge on any atom is -0.497 e. The van der Waals surface area contributed by atoms with E-state index in [0.717, 1.165) is 22.7 Å². The van der Waals surface area contributed by atoms with Gasteiger partial charge in [0.25, 0.3) is 0 Å². The largest absolute Gasteiger partial charge is 0.497 e. The number of hydrogen-bond donors (Lipinski definition) is 2. The number of anilines is 2. The van der Waals surface area contributed by atoms with Crippen molar-refractivity contribution in [1.29, 1.82) is 0 Å². The second-order valence-electron chi connectivity index (χ2n) is 5.58. The number of nitrogens with one attached hydrogen (secondary N) is 1. The highest BCUT2D eigenvalue weighted by Crippen LogP contribution is 2.22. The van der Waals surface area contributed by atoms with Crippen LogP contribution in [0.1, 0.15) is 0 Å². The molecule has 27 heavy (non-hydrogen) atoms. The van der Waals surface area contributed by atoms with Crippen molar-refractivity contribution < 1.29 is 19.4 Å². The highest BCUT2D eigenvalue weighted by Gasteiger charge is 2.06. The maximum atomic E-state index is 10.4. The first-order valence-corrected chi connectivity index (χ1v) is 8.19. The van der Waals surface area contributed by atoms with Gasteiger partial charge >= 0.3 is 5.97 Å². The summed E-state index contributed by atoms with van der Waals surface area (Å²) in [7, 11) is 1.62. The van der Waals surface area contributed by atoms with Crippen LogP contribution in [0.25, 0.3) is 11.3 Å². The molecule has 0 saturated carbocycles. The molecule has 0 fully saturated rings. The fourth-order valence-electron chi connectivity index (χ4n) is 2.34. The number of methoxy groups -OCH3 is 1. The number of aromatic nitrogens is 4. The van der Waals surface area contributed by atoms with Crippen LogP contribution >= 0.6 is 0 Å². The first-order valence-electron chi connectivity index (χ1n) is 8.19. The molecule has 0 atom stereocenters. The highest BCUT2D eigenvalue weighted by molar-refractivity contribution is 5.68. The monoisotopic (exact) mass is 369 g/mol. The molecule has 0 aliphatic rings. The van der Waals surface area contributed by atoms with Gasteiger partial charge in [-0.2, -0.15) is 5.10 Å². The number of benzene rings is 1. The van der Waals surface area contributed by atoms with Crippen molar-refractivity contribution >= 4 is 17.5 Å². The summed E-state index contributed by atoms with van der Waals surface area (Å²) in [6.07, 6.45) is 4.99. The number of carboxylic acid groups (broad SMARTS) is 1. The predicted molar refractivity (Wildman–Crippen MR) is 98.0 cm³/mol. The Morgan fingerprint density at radius 2 is 2.07 bits per heavy atom. The molecule has 2 aromatic heterocycles. The highest BCUT2D eigenvalue weighted by atomic mass is 16.5. The Morgan fingerprint density at radius 1 is 1.26 bits per heavy atom. The lowest BCUT2D eigenvalue weighted by Crippen LogP contribution is -2.12. The topological polar surface area (TPSA) is 111 Å². The summed E-state index contributed by atoms with van der Waals surface area (Å²) in [5.41, 5.74) is 2.43. The molecule has 0 amide bonds. The van der Waals surface area contributed by atoms with Gasteiger partial charge in [-0.25, -0.2) is 14.8 Å². The molecule has 2 heterocycles. The minimum atomic E-state index is -0.992. The van der Waals surface area contributed by atoms with Crippen molar-refractivity contribution in [2.24, 2.45) is 0 Å². The number of carboxylic acids is 1. The Morgan fingerprint density at radius 3 is 2.81 bits per heavy atom. The summed E-state index contributed by atoms with van der Waals surface area (Å²) in [5, 5.41) is 16.0. The van der Waals surface area contributed by atoms with E-state index >= 15 is 0 Å². The molecule has 0 aliphatic carbocycles. The number of aliphatic carboxylic acids is 1. The maximum Gasteiger partial charge on any atom is 0.329 e. The van der Waals surface area contributed by atoms with Crippen molar-refractivity contribution in [1.82, 2.24) is 19.7 Å². The average Bonchev–Trinajstić information content (AvgIpc) is 3.15. The zero-order valence-electron chi connectivity index (χ0n) is 14.7. The van der Waals surface area contributed by atoms with Crippen molar-refractivity contribution in [3.63, 3.8) is 0 Å². The van der Waals surface area contributed by atoms with E-state index in [1.54, 1.807) is 18.0 Å². The molecule has 1 aromatic carbocycles. The second kappa shape index (κ2) is 8.77. The molecule has 2 N–H and O–H groups in total. The van der Waals surface area contributed by atoms with Crippen LogP contribution in [0.15, 0.2) is 49.1 Å². The fraction of sp³-hybridized carbons (Fsp3) is 0.222. The van der Waals surface area contributed by atoms with E-state index in [2.05, 4.69) is 20.4 Å². The first kappa shape index (κ1) is 18.3. The molecule has 0 spiro atoms. The maximum absolute atomic E-state index is 10.4. The van der Waals surface area contributed by atoms with E-state index in [1.807, 2.05) is 36.5 Å². The quantitative estimate of drug-likeness (QED) is 0.552. The molecule has 3 aromatic rings. The molecule has 0 bridgehead atoms. The van der Waals surface area contributed by atoms with Crippen molar-refractivity contribution in [2.75, 3.05) is 25.6 Å². The molecule has 0 saturated heterocycles. The smallest absolute Gasteiger partial charge is 0.329 e. The van der Waals surface area contributed by atoms with Crippen molar-refractivity contribution in [3.8, 4) is 17.0 Å².